The molecule has 0 N–H and O–H groups in total. The lowest BCUT2D eigenvalue weighted by Gasteiger charge is -2.16. The van der Waals surface area contributed by atoms with Crippen LogP contribution in [0.25, 0.3) is 121 Å². The van der Waals surface area contributed by atoms with E-state index in [1.165, 1.54) is 43.4 Å². The molecule has 2 aromatic heterocycles. The van der Waals surface area contributed by atoms with Crippen molar-refractivity contribution in [1.82, 2.24) is 14.5 Å². The van der Waals surface area contributed by atoms with Crippen molar-refractivity contribution in [2.75, 3.05) is 0 Å². The summed E-state index contributed by atoms with van der Waals surface area (Å²) in [6.07, 6.45) is 8.16. The summed E-state index contributed by atoms with van der Waals surface area (Å²) in [5, 5.41) is 9.77. The molecule has 12 aromatic rings. The molecule has 0 radical (unpaired) electrons. The van der Waals surface area contributed by atoms with Gasteiger partial charge in [0.1, 0.15) is 0 Å². The Bertz CT molecular complexity index is 3850. The Labute approximate surface area is 383 Å². The molecule has 0 aliphatic carbocycles. The first-order valence-electron chi connectivity index (χ1n) is 22.5. The first-order chi connectivity index (χ1) is 32.6. The molecule has 3 heteroatoms. The topological polar surface area (TPSA) is 30.7 Å². The van der Waals surface area contributed by atoms with Crippen LogP contribution in [0.2, 0.25) is 0 Å². The highest BCUT2D eigenvalue weighted by Gasteiger charge is 2.21. The fraction of sp³-hybridized carbons (Fsp3) is 0.0159. The molecule has 0 saturated heterocycles. The fourth-order valence-corrected chi connectivity index (χ4v) is 9.87. The summed E-state index contributed by atoms with van der Waals surface area (Å²) in [5.41, 5.74) is 15.5. The summed E-state index contributed by atoms with van der Waals surface area (Å²) in [7, 11) is 0. The molecule has 10 aromatic carbocycles. The van der Waals surface area contributed by atoms with Crippen LogP contribution < -0.4 is 0 Å². The van der Waals surface area contributed by atoms with E-state index < -0.39 is 0 Å². The van der Waals surface area contributed by atoms with E-state index in [0.717, 1.165) is 83.4 Å². The van der Waals surface area contributed by atoms with E-state index in [0.29, 0.717) is 0 Å². The predicted octanol–water partition coefficient (Wildman–Crippen LogP) is 17.0. The Balaban J connectivity index is 1.03. The Kier molecular flexibility index (Phi) is 9.54. The summed E-state index contributed by atoms with van der Waals surface area (Å²) in [6, 6.07) is 74.2. The van der Waals surface area contributed by atoms with E-state index in [2.05, 4.69) is 211 Å². The number of allylic oxidation sites excluding steroid dienone is 5. The Morgan fingerprint density at radius 1 is 0.439 bits per heavy atom. The predicted molar refractivity (Wildman–Crippen MR) is 281 cm³/mol. The smallest absolute Gasteiger partial charge is 0.0979 e. The van der Waals surface area contributed by atoms with Gasteiger partial charge in [-0.1, -0.05) is 189 Å². The van der Waals surface area contributed by atoms with Gasteiger partial charge < -0.3 is 4.57 Å². The van der Waals surface area contributed by atoms with E-state index >= 15 is 0 Å². The average molecular weight is 842 g/mol. The van der Waals surface area contributed by atoms with Crippen molar-refractivity contribution in [3.05, 3.63) is 243 Å². The molecule has 0 atom stereocenters. The molecule has 310 valence electrons. The largest absolute Gasteiger partial charge is 0.309 e. The maximum Gasteiger partial charge on any atom is 0.0979 e. The molecular weight excluding hydrogens is 799 g/mol. The number of rotatable bonds is 8. The number of benzene rings is 10. The van der Waals surface area contributed by atoms with Crippen LogP contribution in [0.3, 0.4) is 0 Å². The number of fused-ring (bicyclic) bond motifs is 9. The van der Waals surface area contributed by atoms with E-state index in [4.69, 9.17) is 9.97 Å². The van der Waals surface area contributed by atoms with Gasteiger partial charge in [-0.15, -0.1) is 0 Å². The zero-order valence-corrected chi connectivity index (χ0v) is 36.5. The van der Waals surface area contributed by atoms with Crippen LogP contribution in [0.1, 0.15) is 12.5 Å². The van der Waals surface area contributed by atoms with E-state index in [1.54, 1.807) is 0 Å². The van der Waals surface area contributed by atoms with Crippen molar-refractivity contribution in [2.45, 2.75) is 6.92 Å². The zero-order valence-electron chi connectivity index (χ0n) is 36.5. The minimum atomic E-state index is 0.842. The Morgan fingerprint density at radius 2 is 0.985 bits per heavy atom. The van der Waals surface area contributed by atoms with Gasteiger partial charge in [0.25, 0.3) is 0 Å². The van der Waals surface area contributed by atoms with Crippen molar-refractivity contribution in [3.63, 3.8) is 0 Å². The lowest BCUT2D eigenvalue weighted by Crippen LogP contribution is -1.98. The number of para-hydroxylation sites is 2. The van der Waals surface area contributed by atoms with Crippen LogP contribution in [0.5, 0.6) is 0 Å². The third-order valence-electron chi connectivity index (χ3n) is 13.0. The molecule has 66 heavy (non-hydrogen) atoms. The molecule has 0 spiro atoms. The number of aromatic nitrogens is 3. The minimum Gasteiger partial charge on any atom is -0.309 e. The van der Waals surface area contributed by atoms with Crippen LogP contribution in [-0.2, 0) is 0 Å². The summed E-state index contributed by atoms with van der Waals surface area (Å²) in [4.78, 5) is 10.8. The van der Waals surface area contributed by atoms with Crippen LogP contribution in [-0.4, -0.2) is 14.5 Å². The van der Waals surface area contributed by atoms with E-state index in [1.807, 2.05) is 37.3 Å². The van der Waals surface area contributed by atoms with Crippen molar-refractivity contribution in [3.8, 4) is 50.5 Å². The van der Waals surface area contributed by atoms with Gasteiger partial charge in [0.05, 0.1) is 39.1 Å². The maximum atomic E-state index is 5.43. The highest BCUT2D eigenvalue weighted by molar-refractivity contribution is 6.29. The van der Waals surface area contributed by atoms with Gasteiger partial charge in [0.2, 0.25) is 0 Å². The molecule has 0 bridgehead atoms. The van der Waals surface area contributed by atoms with Crippen LogP contribution >= 0.6 is 0 Å². The highest BCUT2D eigenvalue weighted by atomic mass is 15.0. The summed E-state index contributed by atoms with van der Waals surface area (Å²) >= 11 is 0. The molecule has 0 fully saturated rings. The van der Waals surface area contributed by atoms with Crippen molar-refractivity contribution in [2.24, 2.45) is 0 Å². The summed E-state index contributed by atoms with van der Waals surface area (Å²) in [6.45, 7) is 6.46. The first-order valence-corrected chi connectivity index (χ1v) is 22.5. The van der Waals surface area contributed by atoms with Crippen LogP contribution in [0, 0.1) is 0 Å². The molecule has 3 nitrogen and oxygen atoms in total. The van der Waals surface area contributed by atoms with Gasteiger partial charge in [0, 0.05) is 27.3 Å². The van der Waals surface area contributed by atoms with Crippen molar-refractivity contribution >= 4 is 70.7 Å². The highest BCUT2D eigenvalue weighted by Crippen LogP contribution is 2.43. The Morgan fingerprint density at radius 3 is 1.65 bits per heavy atom. The number of hydrogen-bond acceptors (Lipinski definition) is 2. The molecule has 2 heterocycles. The third-order valence-corrected chi connectivity index (χ3v) is 13.0. The second-order valence-electron chi connectivity index (χ2n) is 16.9. The van der Waals surface area contributed by atoms with Gasteiger partial charge in [-0.05, 0) is 116 Å². The van der Waals surface area contributed by atoms with E-state index in [-0.39, 0.29) is 0 Å². The Hall–Kier alpha value is -8.66. The van der Waals surface area contributed by atoms with Gasteiger partial charge >= 0.3 is 0 Å². The van der Waals surface area contributed by atoms with E-state index in [9.17, 15) is 0 Å². The quantitative estimate of drug-likeness (QED) is 0.143. The minimum absolute atomic E-state index is 0.842. The fourth-order valence-electron chi connectivity index (χ4n) is 9.87. The maximum absolute atomic E-state index is 5.43. The lowest BCUT2D eigenvalue weighted by molar-refractivity contribution is 1.20. The zero-order chi connectivity index (χ0) is 44.1. The molecule has 12 rings (SSSR count). The van der Waals surface area contributed by atoms with Gasteiger partial charge in [-0.3, -0.25) is 0 Å². The normalized spacial score (nSPS) is 12.0. The lowest BCUT2D eigenvalue weighted by atomic mass is 9.92. The standard InChI is InChI=1S/C63H43N3/c1-3-4-6-17-41(2)47-38-48(42-18-7-5-8-19-42)40-49(39-47)43-30-32-46(33-31-43)62-63(65-56-28-14-13-27-55(56)64-62)54-26-15-25-53-52(54)24-16-29-57(53)66-58-36-34-44-20-9-11-22-50(44)60(58)61-51-23-12-10-21-45(51)35-37-59(61)66/h3-40H,2H2,1H3/b4-3-,17-6-. The second-order valence-corrected chi connectivity index (χ2v) is 16.9. The van der Waals surface area contributed by atoms with Crippen LogP contribution in [0.4, 0.5) is 0 Å². The van der Waals surface area contributed by atoms with Gasteiger partial charge in [-0.2, -0.15) is 0 Å². The first kappa shape index (κ1) is 39.0. The molecule has 0 aliphatic heterocycles. The SMILES string of the molecule is C=C(/C=C\C=C/C)c1cc(-c2ccccc2)cc(-c2ccc(-c3nc4ccccc4nc3-c3cccc4c(-n5c6ccc7ccccc7c6c6c7ccccc7ccc65)cccc34)cc2)c1. The third kappa shape index (κ3) is 6.60. The van der Waals surface area contributed by atoms with Gasteiger partial charge in [-0.25, -0.2) is 9.97 Å². The monoisotopic (exact) mass is 841 g/mol. The second kappa shape index (κ2) is 16.2. The van der Waals surface area contributed by atoms with Crippen LogP contribution in [0.15, 0.2) is 237 Å². The van der Waals surface area contributed by atoms with Crippen molar-refractivity contribution < 1.29 is 0 Å². The summed E-state index contributed by atoms with van der Waals surface area (Å²) in [5.74, 6) is 0. The average Bonchev–Trinajstić information content (AvgIpc) is 3.73. The summed E-state index contributed by atoms with van der Waals surface area (Å²) < 4.78 is 2.47. The molecule has 0 aliphatic rings. The molecule has 0 amide bonds. The number of nitrogens with zero attached hydrogens (tertiary/aromatic N) is 3. The van der Waals surface area contributed by atoms with Crippen molar-refractivity contribution in [1.29, 1.82) is 0 Å². The molecule has 0 unspecified atom stereocenters. The molecular formula is C63H43N3. The molecule has 0 saturated carbocycles. The number of hydrogen-bond donors (Lipinski definition) is 0. The van der Waals surface area contributed by atoms with Gasteiger partial charge in [0.15, 0.2) is 0 Å².